The molecule has 5 heteroatoms. The molecular weight excluding hydrogens is 312 g/mol. The SMILES string of the molecule is CCCCCCC(C(=O)c1ccc(CCCC)cc1)S(=O)(=O)O. The molecule has 1 rings (SSSR count). The Labute approximate surface area is 140 Å². The van der Waals surface area contributed by atoms with E-state index in [1.54, 1.807) is 12.1 Å². The van der Waals surface area contributed by atoms with Gasteiger partial charge in [-0.2, -0.15) is 8.42 Å². The second-order valence-electron chi connectivity index (χ2n) is 6.02. The maximum atomic E-state index is 12.4. The fourth-order valence-electron chi connectivity index (χ4n) is 2.57. The predicted octanol–water partition coefficient (Wildman–Crippen LogP) is 4.44. The Bertz CT molecular complexity index is 576. The van der Waals surface area contributed by atoms with Crippen molar-refractivity contribution in [1.82, 2.24) is 0 Å². The van der Waals surface area contributed by atoms with Crippen molar-refractivity contribution in [1.29, 1.82) is 0 Å². The summed E-state index contributed by atoms with van der Waals surface area (Å²) in [6.45, 7) is 4.18. The smallest absolute Gasteiger partial charge is 0.275 e. The number of hydrogen-bond donors (Lipinski definition) is 1. The van der Waals surface area contributed by atoms with Crippen molar-refractivity contribution in [2.75, 3.05) is 0 Å². The third-order valence-corrected chi connectivity index (χ3v) is 5.20. The van der Waals surface area contributed by atoms with Crippen LogP contribution in [0.5, 0.6) is 0 Å². The van der Waals surface area contributed by atoms with Gasteiger partial charge in [-0.25, -0.2) is 0 Å². The van der Waals surface area contributed by atoms with E-state index in [0.29, 0.717) is 12.0 Å². The lowest BCUT2D eigenvalue weighted by atomic mass is 10.0. The first-order valence-electron chi connectivity index (χ1n) is 8.49. The van der Waals surface area contributed by atoms with Gasteiger partial charge in [0.1, 0.15) is 5.25 Å². The molecule has 23 heavy (non-hydrogen) atoms. The Kier molecular flexibility index (Phi) is 8.48. The molecule has 0 aromatic heterocycles. The minimum absolute atomic E-state index is 0.176. The maximum Gasteiger partial charge on any atom is 0.275 e. The number of Topliss-reactive ketones (excluding diaryl/α,β-unsaturated/α-hetero) is 1. The van der Waals surface area contributed by atoms with Crippen LogP contribution in [-0.4, -0.2) is 24.0 Å². The average molecular weight is 340 g/mol. The van der Waals surface area contributed by atoms with Crippen molar-refractivity contribution >= 4 is 15.9 Å². The highest BCUT2D eigenvalue weighted by Gasteiger charge is 2.31. The zero-order chi connectivity index (χ0) is 17.3. The van der Waals surface area contributed by atoms with Crippen molar-refractivity contribution in [2.24, 2.45) is 0 Å². The van der Waals surface area contributed by atoms with E-state index in [4.69, 9.17) is 0 Å². The summed E-state index contributed by atoms with van der Waals surface area (Å²) in [6, 6.07) is 7.05. The molecule has 1 aromatic carbocycles. The van der Waals surface area contributed by atoms with E-state index in [1.807, 2.05) is 12.1 Å². The standard InChI is InChI=1S/C18H28O4S/c1-3-5-7-8-10-17(23(20,21)22)18(19)16-13-11-15(12-14-16)9-6-4-2/h11-14,17H,3-10H2,1-2H3,(H,20,21,22). The van der Waals surface area contributed by atoms with Gasteiger partial charge >= 0.3 is 0 Å². The van der Waals surface area contributed by atoms with Crippen LogP contribution in [-0.2, 0) is 16.5 Å². The highest BCUT2D eigenvalue weighted by molar-refractivity contribution is 7.87. The van der Waals surface area contributed by atoms with Gasteiger partial charge in [-0.1, -0.05) is 70.2 Å². The van der Waals surface area contributed by atoms with Crippen LogP contribution >= 0.6 is 0 Å². The van der Waals surface area contributed by atoms with E-state index < -0.39 is 21.2 Å². The van der Waals surface area contributed by atoms with Crippen LogP contribution < -0.4 is 0 Å². The lowest BCUT2D eigenvalue weighted by Gasteiger charge is -2.13. The minimum atomic E-state index is -4.37. The fraction of sp³-hybridized carbons (Fsp3) is 0.611. The molecule has 1 N–H and O–H groups in total. The van der Waals surface area contributed by atoms with Gasteiger partial charge in [0.15, 0.2) is 5.78 Å². The number of ketones is 1. The maximum absolute atomic E-state index is 12.4. The molecule has 1 aromatic rings. The van der Waals surface area contributed by atoms with Gasteiger partial charge in [0.05, 0.1) is 0 Å². The summed E-state index contributed by atoms with van der Waals surface area (Å²) in [4.78, 5) is 12.4. The number of aryl methyl sites for hydroxylation is 1. The summed E-state index contributed by atoms with van der Waals surface area (Å²) < 4.78 is 32.5. The summed E-state index contributed by atoms with van der Waals surface area (Å²) in [5, 5.41) is -1.35. The molecule has 0 spiro atoms. The Hall–Kier alpha value is -1.20. The van der Waals surface area contributed by atoms with Crippen LogP contribution in [0.3, 0.4) is 0 Å². The van der Waals surface area contributed by atoms with E-state index in [0.717, 1.165) is 44.1 Å². The number of hydrogen-bond acceptors (Lipinski definition) is 3. The van der Waals surface area contributed by atoms with Crippen molar-refractivity contribution < 1.29 is 17.8 Å². The number of carbonyl (C=O) groups excluding carboxylic acids is 1. The number of rotatable bonds is 11. The Morgan fingerprint density at radius 1 is 1.00 bits per heavy atom. The van der Waals surface area contributed by atoms with Crippen molar-refractivity contribution in [3.05, 3.63) is 35.4 Å². The summed E-state index contributed by atoms with van der Waals surface area (Å²) in [5.74, 6) is -0.508. The lowest BCUT2D eigenvalue weighted by molar-refractivity contribution is 0.0980. The molecule has 130 valence electrons. The van der Waals surface area contributed by atoms with E-state index in [-0.39, 0.29) is 6.42 Å². The zero-order valence-electron chi connectivity index (χ0n) is 14.1. The van der Waals surface area contributed by atoms with Crippen molar-refractivity contribution in [3.63, 3.8) is 0 Å². The number of unbranched alkanes of at least 4 members (excludes halogenated alkanes) is 4. The zero-order valence-corrected chi connectivity index (χ0v) is 14.9. The molecule has 0 radical (unpaired) electrons. The van der Waals surface area contributed by atoms with E-state index in [1.165, 1.54) is 0 Å². The van der Waals surface area contributed by atoms with E-state index in [9.17, 15) is 17.8 Å². The van der Waals surface area contributed by atoms with Crippen LogP contribution in [0.2, 0.25) is 0 Å². The van der Waals surface area contributed by atoms with Crippen molar-refractivity contribution in [3.8, 4) is 0 Å². The third-order valence-electron chi connectivity index (χ3n) is 4.03. The monoisotopic (exact) mass is 340 g/mol. The molecule has 0 amide bonds. The summed E-state index contributed by atoms with van der Waals surface area (Å²) in [6.07, 6.45) is 6.83. The largest absolute Gasteiger partial charge is 0.293 e. The molecule has 0 bridgehead atoms. The van der Waals surface area contributed by atoms with E-state index >= 15 is 0 Å². The topological polar surface area (TPSA) is 71.4 Å². The van der Waals surface area contributed by atoms with Crippen LogP contribution in [0.4, 0.5) is 0 Å². The Morgan fingerprint density at radius 2 is 1.61 bits per heavy atom. The predicted molar refractivity (Wildman–Crippen MR) is 93.5 cm³/mol. The van der Waals surface area contributed by atoms with Gasteiger partial charge in [0, 0.05) is 5.56 Å². The average Bonchev–Trinajstić information content (AvgIpc) is 2.51. The highest BCUT2D eigenvalue weighted by Crippen LogP contribution is 2.18. The minimum Gasteiger partial charge on any atom is -0.293 e. The number of carbonyl (C=O) groups is 1. The molecule has 1 atom stereocenters. The molecule has 0 heterocycles. The van der Waals surface area contributed by atoms with Crippen LogP contribution in [0, 0.1) is 0 Å². The third kappa shape index (κ3) is 6.83. The quantitative estimate of drug-likeness (QED) is 0.367. The van der Waals surface area contributed by atoms with Gasteiger partial charge in [-0.15, -0.1) is 0 Å². The first-order chi connectivity index (χ1) is 10.9. The fourth-order valence-corrected chi connectivity index (χ4v) is 3.45. The summed E-state index contributed by atoms with van der Waals surface area (Å²) >= 11 is 0. The molecule has 0 aliphatic heterocycles. The molecule has 0 fully saturated rings. The van der Waals surface area contributed by atoms with Gasteiger partial charge < -0.3 is 0 Å². The second kappa shape index (κ2) is 9.83. The number of benzene rings is 1. The molecule has 0 saturated heterocycles. The van der Waals surface area contributed by atoms with E-state index in [2.05, 4.69) is 13.8 Å². The van der Waals surface area contributed by atoms with Gasteiger partial charge in [0.2, 0.25) is 0 Å². The summed E-state index contributed by atoms with van der Waals surface area (Å²) in [7, 11) is -4.37. The molecule has 0 saturated carbocycles. The lowest BCUT2D eigenvalue weighted by Crippen LogP contribution is -2.30. The molecule has 0 aliphatic carbocycles. The van der Waals surface area contributed by atoms with Crippen molar-refractivity contribution in [2.45, 2.75) is 70.5 Å². The van der Waals surface area contributed by atoms with Crippen LogP contribution in [0.25, 0.3) is 0 Å². The highest BCUT2D eigenvalue weighted by atomic mass is 32.2. The molecular formula is C18H28O4S. The molecule has 4 nitrogen and oxygen atoms in total. The molecule has 0 aliphatic rings. The first kappa shape index (κ1) is 19.8. The van der Waals surface area contributed by atoms with Crippen LogP contribution in [0.15, 0.2) is 24.3 Å². The van der Waals surface area contributed by atoms with Crippen LogP contribution in [0.1, 0.15) is 74.7 Å². The van der Waals surface area contributed by atoms with Gasteiger partial charge in [0.25, 0.3) is 10.1 Å². The Balaban J connectivity index is 2.79. The van der Waals surface area contributed by atoms with Gasteiger partial charge in [-0.3, -0.25) is 9.35 Å². The second-order valence-corrected chi connectivity index (χ2v) is 7.62. The summed E-state index contributed by atoms with van der Waals surface area (Å²) in [5.41, 5.74) is 1.48. The van der Waals surface area contributed by atoms with Gasteiger partial charge in [-0.05, 0) is 24.8 Å². The Morgan fingerprint density at radius 3 is 2.13 bits per heavy atom. The molecule has 1 unspecified atom stereocenters. The normalized spacial score (nSPS) is 13.0. The first-order valence-corrected chi connectivity index (χ1v) is 10.00.